The van der Waals surface area contributed by atoms with Gasteiger partial charge in [-0.15, -0.1) is 0 Å². The van der Waals surface area contributed by atoms with E-state index in [9.17, 15) is 0 Å². The quantitative estimate of drug-likeness (QED) is 0.357. The predicted octanol–water partition coefficient (Wildman–Crippen LogP) is 1.33. The molecule has 0 saturated carbocycles. The number of ether oxygens (including phenoxy) is 2. The fourth-order valence-corrected chi connectivity index (χ4v) is 3.26. The molecule has 0 bridgehead atoms. The lowest BCUT2D eigenvalue weighted by Gasteiger charge is -2.14. The summed E-state index contributed by atoms with van der Waals surface area (Å²) in [6.45, 7) is 14.0. The van der Waals surface area contributed by atoms with Crippen molar-refractivity contribution in [3.8, 4) is 0 Å². The van der Waals surface area contributed by atoms with E-state index in [0.29, 0.717) is 11.8 Å². The van der Waals surface area contributed by atoms with Crippen molar-refractivity contribution < 1.29 is 9.47 Å². The summed E-state index contributed by atoms with van der Waals surface area (Å²) >= 11 is 0. The zero-order valence-corrected chi connectivity index (χ0v) is 15.6. The predicted molar refractivity (Wildman–Crippen MR) is 98.6 cm³/mol. The molecule has 2 N–H and O–H groups in total. The molecule has 140 valence electrons. The first-order chi connectivity index (χ1) is 11.8. The highest BCUT2D eigenvalue weighted by Crippen LogP contribution is 2.15. The fourth-order valence-electron chi connectivity index (χ4n) is 3.26. The van der Waals surface area contributed by atoms with Crippen LogP contribution in [0.2, 0.25) is 0 Å². The van der Waals surface area contributed by atoms with E-state index in [-0.39, 0.29) is 0 Å². The summed E-state index contributed by atoms with van der Waals surface area (Å²) in [6, 6.07) is 0. The molecule has 2 fully saturated rings. The highest BCUT2D eigenvalue weighted by atomic mass is 16.5. The maximum Gasteiger partial charge on any atom is 0.191 e. The van der Waals surface area contributed by atoms with Gasteiger partial charge in [0, 0.05) is 45.3 Å². The second-order valence-electron chi connectivity index (χ2n) is 6.85. The number of likely N-dealkylation sites (tertiary alicyclic amines) is 1. The number of aliphatic imine (C=N–C) groups is 1. The number of guanidine groups is 1. The lowest BCUT2D eigenvalue weighted by Crippen LogP contribution is -2.38. The summed E-state index contributed by atoms with van der Waals surface area (Å²) in [4.78, 5) is 7.26. The summed E-state index contributed by atoms with van der Waals surface area (Å²) in [5.41, 5.74) is 0. The van der Waals surface area contributed by atoms with Gasteiger partial charge >= 0.3 is 0 Å². The Morgan fingerprint density at radius 1 is 1.25 bits per heavy atom. The van der Waals surface area contributed by atoms with Gasteiger partial charge in [-0.1, -0.05) is 6.92 Å². The van der Waals surface area contributed by atoms with Gasteiger partial charge in [-0.25, -0.2) is 0 Å². The molecule has 2 aliphatic heterocycles. The van der Waals surface area contributed by atoms with E-state index in [0.717, 1.165) is 71.4 Å². The SMILES string of the molecule is CCNC(=NCC1CCN(CC)C1)NCCCOCC1CCOC1. The number of nitrogens with zero attached hydrogens (tertiary/aromatic N) is 2. The van der Waals surface area contributed by atoms with Crippen molar-refractivity contribution in [3.63, 3.8) is 0 Å². The molecule has 24 heavy (non-hydrogen) atoms. The van der Waals surface area contributed by atoms with Gasteiger partial charge in [0.25, 0.3) is 0 Å². The van der Waals surface area contributed by atoms with Crippen LogP contribution in [0.25, 0.3) is 0 Å². The first-order valence-electron chi connectivity index (χ1n) is 9.71. The maximum absolute atomic E-state index is 5.74. The Labute approximate surface area is 147 Å². The molecule has 2 unspecified atom stereocenters. The minimum atomic E-state index is 0.603. The van der Waals surface area contributed by atoms with Crippen molar-refractivity contribution in [2.45, 2.75) is 33.1 Å². The molecule has 2 aliphatic rings. The molecule has 6 heteroatoms. The average molecular weight is 341 g/mol. The van der Waals surface area contributed by atoms with Crippen LogP contribution in [0.5, 0.6) is 0 Å². The van der Waals surface area contributed by atoms with Crippen LogP contribution in [0, 0.1) is 11.8 Å². The molecule has 2 atom stereocenters. The summed E-state index contributed by atoms with van der Waals surface area (Å²) in [5, 5.41) is 6.75. The van der Waals surface area contributed by atoms with Crippen molar-refractivity contribution in [1.29, 1.82) is 0 Å². The van der Waals surface area contributed by atoms with Gasteiger partial charge in [0.1, 0.15) is 0 Å². The van der Waals surface area contributed by atoms with E-state index >= 15 is 0 Å². The Hall–Kier alpha value is -0.850. The molecule has 2 saturated heterocycles. The summed E-state index contributed by atoms with van der Waals surface area (Å²) in [5.74, 6) is 2.25. The third-order valence-electron chi connectivity index (χ3n) is 4.80. The van der Waals surface area contributed by atoms with Crippen LogP contribution >= 0.6 is 0 Å². The fraction of sp³-hybridized carbons (Fsp3) is 0.944. The first-order valence-corrected chi connectivity index (χ1v) is 9.71. The van der Waals surface area contributed by atoms with Crippen molar-refractivity contribution in [2.24, 2.45) is 16.8 Å². The minimum absolute atomic E-state index is 0.603. The van der Waals surface area contributed by atoms with Crippen molar-refractivity contribution in [1.82, 2.24) is 15.5 Å². The highest BCUT2D eigenvalue weighted by Gasteiger charge is 2.20. The van der Waals surface area contributed by atoms with Gasteiger partial charge in [-0.2, -0.15) is 0 Å². The number of nitrogens with one attached hydrogen (secondary N) is 2. The number of rotatable bonds is 10. The van der Waals surface area contributed by atoms with E-state index < -0.39 is 0 Å². The average Bonchev–Trinajstić information content (AvgIpc) is 3.27. The van der Waals surface area contributed by atoms with Crippen molar-refractivity contribution in [2.75, 3.05) is 65.7 Å². The van der Waals surface area contributed by atoms with Crippen molar-refractivity contribution in [3.05, 3.63) is 0 Å². The number of hydrogen-bond acceptors (Lipinski definition) is 4. The zero-order chi connectivity index (χ0) is 17.0. The Kier molecular flexibility index (Phi) is 9.46. The van der Waals surface area contributed by atoms with Crippen LogP contribution in [-0.4, -0.2) is 76.6 Å². The number of hydrogen-bond donors (Lipinski definition) is 2. The van der Waals surface area contributed by atoms with E-state index in [1.54, 1.807) is 0 Å². The minimum Gasteiger partial charge on any atom is -0.381 e. The Morgan fingerprint density at radius 2 is 2.17 bits per heavy atom. The molecule has 0 aromatic carbocycles. The third-order valence-corrected chi connectivity index (χ3v) is 4.80. The molecule has 0 aromatic heterocycles. The monoisotopic (exact) mass is 340 g/mol. The second kappa shape index (κ2) is 11.7. The highest BCUT2D eigenvalue weighted by molar-refractivity contribution is 5.79. The molecule has 6 nitrogen and oxygen atoms in total. The molecule has 0 radical (unpaired) electrons. The Bertz CT molecular complexity index is 359. The Balaban J connectivity index is 1.55. The molecule has 0 spiro atoms. The second-order valence-corrected chi connectivity index (χ2v) is 6.85. The zero-order valence-electron chi connectivity index (χ0n) is 15.6. The van der Waals surface area contributed by atoms with Crippen LogP contribution in [0.1, 0.15) is 33.1 Å². The lowest BCUT2D eigenvalue weighted by atomic mass is 10.1. The van der Waals surface area contributed by atoms with Crippen LogP contribution in [0.15, 0.2) is 4.99 Å². The molecule has 0 aliphatic carbocycles. The van der Waals surface area contributed by atoms with Crippen LogP contribution in [0.4, 0.5) is 0 Å². The topological polar surface area (TPSA) is 58.1 Å². The molecular formula is C18H36N4O2. The molecule has 2 heterocycles. The van der Waals surface area contributed by atoms with E-state index in [4.69, 9.17) is 14.5 Å². The smallest absolute Gasteiger partial charge is 0.191 e. The molecule has 0 aromatic rings. The van der Waals surface area contributed by atoms with Gasteiger partial charge in [0.05, 0.1) is 13.2 Å². The van der Waals surface area contributed by atoms with Gasteiger partial charge in [-0.05, 0) is 45.2 Å². The summed E-state index contributed by atoms with van der Waals surface area (Å²) < 4.78 is 11.1. The normalized spacial score (nSPS) is 25.3. The third kappa shape index (κ3) is 7.36. The summed E-state index contributed by atoms with van der Waals surface area (Å²) in [7, 11) is 0. The van der Waals surface area contributed by atoms with E-state index in [1.807, 2.05) is 0 Å². The lowest BCUT2D eigenvalue weighted by molar-refractivity contribution is 0.0888. The standard InChI is InChI=1S/C18H36N4O2/c1-3-19-18(21-12-16-6-9-22(4-2)13-16)20-8-5-10-23-14-17-7-11-24-15-17/h16-17H,3-15H2,1-2H3,(H2,19,20,21). The largest absolute Gasteiger partial charge is 0.381 e. The summed E-state index contributed by atoms with van der Waals surface area (Å²) in [6.07, 6.45) is 3.42. The first kappa shape index (κ1) is 19.5. The van der Waals surface area contributed by atoms with Crippen LogP contribution in [0.3, 0.4) is 0 Å². The Morgan fingerprint density at radius 3 is 2.88 bits per heavy atom. The van der Waals surface area contributed by atoms with Gasteiger partial charge in [0.15, 0.2) is 5.96 Å². The van der Waals surface area contributed by atoms with Gasteiger partial charge in [-0.3, -0.25) is 4.99 Å². The van der Waals surface area contributed by atoms with Gasteiger partial charge < -0.3 is 25.0 Å². The van der Waals surface area contributed by atoms with Crippen molar-refractivity contribution >= 4 is 5.96 Å². The van der Waals surface area contributed by atoms with E-state index in [1.165, 1.54) is 19.5 Å². The van der Waals surface area contributed by atoms with E-state index in [2.05, 4.69) is 29.4 Å². The van der Waals surface area contributed by atoms with Gasteiger partial charge in [0.2, 0.25) is 0 Å². The maximum atomic E-state index is 5.74. The molecule has 2 rings (SSSR count). The van der Waals surface area contributed by atoms with Crippen LogP contribution in [-0.2, 0) is 9.47 Å². The molecular weight excluding hydrogens is 304 g/mol. The van der Waals surface area contributed by atoms with Crippen LogP contribution < -0.4 is 10.6 Å². The molecule has 0 amide bonds.